The number of benzene rings is 2. The van der Waals surface area contributed by atoms with Crippen molar-refractivity contribution < 1.29 is 14.4 Å². The molecule has 5 heterocycles. The Morgan fingerprint density at radius 3 is 2.43 bits per heavy atom. The van der Waals surface area contributed by atoms with Gasteiger partial charge >= 0.3 is 12.1 Å². The highest BCUT2D eigenvalue weighted by atomic mass is 16.2. The number of nitrogens with zero attached hydrogens (tertiary/aromatic N) is 6. The van der Waals surface area contributed by atoms with Crippen molar-refractivity contribution in [2.75, 3.05) is 64.2 Å². The Morgan fingerprint density at radius 1 is 0.915 bits per heavy atom. The molecule has 12 nitrogen and oxygen atoms in total. The zero-order chi connectivity index (χ0) is 32.3. The van der Waals surface area contributed by atoms with Gasteiger partial charge in [0.2, 0.25) is 5.91 Å². The van der Waals surface area contributed by atoms with Crippen molar-refractivity contribution in [3.8, 4) is 0 Å². The summed E-state index contributed by atoms with van der Waals surface area (Å²) in [6.07, 6.45) is 6.37. The van der Waals surface area contributed by atoms with Crippen molar-refractivity contribution in [2.24, 2.45) is 7.05 Å². The summed E-state index contributed by atoms with van der Waals surface area (Å²) in [5.41, 5.74) is 4.04. The molecule has 0 saturated carbocycles. The van der Waals surface area contributed by atoms with Crippen molar-refractivity contribution >= 4 is 34.6 Å². The van der Waals surface area contributed by atoms with E-state index in [4.69, 9.17) is 0 Å². The van der Waals surface area contributed by atoms with Crippen LogP contribution in [0.25, 0.3) is 10.9 Å². The van der Waals surface area contributed by atoms with Crippen molar-refractivity contribution in [2.45, 2.75) is 56.7 Å². The van der Waals surface area contributed by atoms with Gasteiger partial charge in [0.1, 0.15) is 6.04 Å². The number of hydrogen-bond donors (Lipinski definition) is 3. The van der Waals surface area contributed by atoms with Crippen LogP contribution in [-0.4, -0.2) is 124 Å². The standard InChI is InChI=1S/C35H47N9O3/c1-40-32-7-6-25(22-27(32)24-37-40)23-31(33(45)42-15-9-28(10-16-42)41-20-13-36-14-21-41)39-34(46)43-17-11-29(12-18-43)44-19-8-26-4-2-3-5-30(26)38-35(44)47/h2-7,22,24,28-29,31,36H,8-21,23H2,1H3,(H,38,47)(H,39,46). The van der Waals surface area contributed by atoms with E-state index in [2.05, 4.69) is 38.1 Å². The predicted octanol–water partition coefficient (Wildman–Crippen LogP) is 2.64. The molecule has 4 aliphatic heterocycles. The lowest BCUT2D eigenvalue weighted by molar-refractivity contribution is -0.134. The Bertz CT molecular complexity index is 1590. The Hall–Kier alpha value is -4.16. The van der Waals surface area contributed by atoms with E-state index in [0.717, 1.165) is 73.2 Å². The van der Waals surface area contributed by atoms with Gasteiger partial charge in [0, 0.05) is 95.5 Å². The molecule has 0 aliphatic carbocycles. The topological polar surface area (TPSA) is 118 Å². The molecule has 7 rings (SSSR count). The molecule has 3 aromatic rings. The minimum absolute atomic E-state index is 0.0147. The van der Waals surface area contributed by atoms with E-state index in [0.29, 0.717) is 58.0 Å². The average Bonchev–Trinajstić information content (AvgIpc) is 3.38. The molecule has 2 aromatic carbocycles. The highest BCUT2D eigenvalue weighted by Crippen LogP contribution is 2.25. The average molecular weight is 642 g/mol. The quantitative estimate of drug-likeness (QED) is 0.381. The van der Waals surface area contributed by atoms with Crippen molar-refractivity contribution in [3.05, 3.63) is 59.8 Å². The molecular weight excluding hydrogens is 594 g/mol. The largest absolute Gasteiger partial charge is 0.341 e. The van der Waals surface area contributed by atoms with E-state index in [1.54, 1.807) is 0 Å². The first kappa shape index (κ1) is 31.4. The number of carbonyl (C=O) groups excluding carboxylic acids is 3. The zero-order valence-corrected chi connectivity index (χ0v) is 27.4. The van der Waals surface area contributed by atoms with Gasteiger partial charge in [-0.25, -0.2) is 9.59 Å². The first-order valence-electron chi connectivity index (χ1n) is 17.3. The van der Waals surface area contributed by atoms with Gasteiger partial charge in [-0.3, -0.25) is 14.4 Å². The predicted molar refractivity (Wildman–Crippen MR) is 181 cm³/mol. The van der Waals surface area contributed by atoms with Gasteiger partial charge in [0.25, 0.3) is 0 Å². The Morgan fingerprint density at radius 2 is 1.64 bits per heavy atom. The molecule has 3 fully saturated rings. The van der Waals surface area contributed by atoms with E-state index in [1.807, 2.05) is 63.0 Å². The minimum atomic E-state index is -0.667. The summed E-state index contributed by atoms with van der Waals surface area (Å²) in [7, 11) is 1.92. The molecule has 250 valence electrons. The van der Waals surface area contributed by atoms with Crippen LogP contribution in [0.15, 0.2) is 48.7 Å². The van der Waals surface area contributed by atoms with E-state index >= 15 is 0 Å². The summed E-state index contributed by atoms with van der Waals surface area (Å²) in [6.45, 7) is 7.28. The number of hydrogen-bond acceptors (Lipinski definition) is 6. The summed E-state index contributed by atoms with van der Waals surface area (Å²) < 4.78 is 1.84. The van der Waals surface area contributed by atoms with Crippen LogP contribution in [0.3, 0.4) is 0 Å². The van der Waals surface area contributed by atoms with Crippen LogP contribution < -0.4 is 16.0 Å². The number of aromatic nitrogens is 2. The molecule has 1 unspecified atom stereocenters. The monoisotopic (exact) mass is 641 g/mol. The number of carbonyl (C=O) groups is 3. The number of anilines is 1. The number of piperidine rings is 2. The van der Waals surface area contributed by atoms with Crippen molar-refractivity contribution in [3.63, 3.8) is 0 Å². The van der Waals surface area contributed by atoms with Gasteiger partial charge in [-0.1, -0.05) is 24.3 Å². The summed E-state index contributed by atoms with van der Waals surface area (Å²) in [5.74, 6) is -0.0147. The van der Waals surface area contributed by atoms with Gasteiger partial charge in [0.05, 0.1) is 11.7 Å². The number of para-hydroxylation sites is 1. The fourth-order valence-corrected chi connectivity index (χ4v) is 7.85. The fraction of sp³-hybridized carbons (Fsp3) is 0.543. The fourth-order valence-electron chi connectivity index (χ4n) is 7.85. The molecular formula is C35H47N9O3. The van der Waals surface area contributed by atoms with Crippen LogP contribution in [0.2, 0.25) is 0 Å². The molecule has 3 N–H and O–H groups in total. The number of urea groups is 2. The lowest BCUT2D eigenvalue weighted by Crippen LogP contribution is -2.58. The molecule has 4 aliphatic rings. The third kappa shape index (κ3) is 6.94. The van der Waals surface area contributed by atoms with E-state index in [9.17, 15) is 14.4 Å². The molecule has 5 amide bonds. The molecule has 3 saturated heterocycles. The molecule has 0 bridgehead atoms. The van der Waals surface area contributed by atoms with Gasteiger partial charge in [-0.2, -0.15) is 5.10 Å². The normalized spacial score (nSPS) is 20.9. The second kappa shape index (κ2) is 13.9. The highest BCUT2D eigenvalue weighted by Gasteiger charge is 2.35. The maximum Gasteiger partial charge on any atom is 0.322 e. The third-order valence-electron chi connectivity index (χ3n) is 10.6. The second-order valence-corrected chi connectivity index (χ2v) is 13.5. The van der Waals surface area contributed by atoms with Crippen LogP contribution in [0.1, 0.15) is 36.8 Å². The third-order valence-corrected chi connectivity index (χ3v) is 10.6. The van der Waals surface area contributed by atoms with Gasteiger partial charge < -0.3 is 30.7 Å². The summed E-state index contributed by atoms with van der Waals surface area (Å²) in [4.78, 5) is 49.2. The van der Waals surface area contributed by atoms with E-state index < -0.39 is 6.04 Å². The molecule has 0 radical (unpaired) electrons. The lowest BCUT2D eigenvalue weighted by Gasteiger charge is -2.41. The van der Waals surface area contributed by atoms with E-state index in [1.165, 1.54) is 0 Å². The van der Waals surface area contributed by atoms with Crippen LogP contribution in [0, 0.1) is 0 Å². The van der Waals surface area contributed by atoms with E-state index in [-0.39, 0.29) is 24.0 Å². The SMILES string of the molecule is Cn1ncc2cc(CC(NC(=O)N3CCC(N4CCc5ccccc5NC4=O)CC3)C(=O)N3CCC(N4CCNCC4)CC3)ccc21. The number of fused-ring (bicyclic) bond motifs is 2. The molecule has 1 aromatic heterocycles. The first-order valence-corrected chi connectivity index (χ1v) is 17.3. The number of nitrogens with one attached hydrogen (secondary N) is 3. The van der Waals surface area contributed by atoms with Crippen LogP contribution in [0.4, 0.5) is 15.3 Å². The van der Waals surface area contributed by atoms with Crippen LogP contribution >= 0.6 is 0 Å². The van der Waals surface area contributed by atoms with Gasteiger partial charge in [0.15, 0.2) is 0 Å². The van der Waals surface area contributed by atoms with Crippen LogP contribution in [-0.2, 0) is 24.7 Å². The lowest BCUT2D eigenvalue weighted by atomic mass is 9.99. The van der Waals surface area contributed by atoms with Crippen molar-refractivity contribution in [1.82, 2.24) is 40.0 Å². The Labute approximate surface area is 276 Å². The number of aryl methyl sites for hydroxylation is 1. The van der Waals surface area contributed by atoms with Gasteiger partial charge in [-0.15, -0.1) is 0 Å². The Balaban J connectivity index is 0.995. The number of rotatable bonds is 6. The van der Waals surface area contributed by atoms with Crippen LogP contribution in [0.5, 0.6) is 0 Å². The zero-order valence-electron chi connectivity index (χ0n) is 27.4. The number of amides is 5. The molecule has 1 atom stereocenters. The maximum absolute atomic E-state index is 14.1. The highest BCUT2D eigenvalue weighted by molar-refractivity contribution is 5.91. The molecule has 47 heavy (non-hydrogen) atoms. The summed E-state index contributed by atoms with van der Waals surface area (Å²) in [6, 6.07) is 13.7. The smallest absolute Gasteiger partial charge is 0.322 e. The Kier molecular flexibility index (Phi) is 9.30. The van der Waals surface area contributed by atoms with Gasteiger partial charge in [-0.05, 0) is 61.4 Å². The second-order valence-electron chi connectivity index (χ2n) is 13.5. The molecule has 0 spiro atoms. The van der Waals surface area contributed by atoms with Crippen molar-refractivity contribution in [1.29, 1.82) is 0 Å². The first-order chi connectivity index (χ1) is 22.9. The summed E-state index contributed by atoms with van der Waals surface area (Å²) in [5, 5.41) is 15.0. The maximum atomic E-state index is 14.1. The summed E-state index contributed by atoms with van der Waals surface area (Å²) >= 11 is 0. The number of likely N-dealkylation sites (tertiary alicyclic amines) is 2. The number of piperazine rings is 1. The molecule has 12 heteroatoms. The minimum Gasteiger partial charge on any atom is -0.341 e.